The number of imidazole rings is 1. The number of para-hydroxylation sites is 1. The summed E-state index contributed by atoms with van der Waals surface area (Å²) in [5.41, 5.74) is 3.82. The van der Waals surface area contributed by atoms with Gasteiger partial charge in [-0.15, -0.1) is 0 Å². The van der Waals surface area contributed by atoms with E-state index in [0.717, 1.165) is 34.1 Å². The standard InChI is InChI=1S/C19H19N3O3/c1-13-15(22-10-3-2-7-17(22)21-13)11-20-18(23)9-8-14-5-4-6-16-19(14)25-12-24-16/h2-7,10H,8-9,11-12H2,1H3,(H,20,23). The normalized spacial score (nSPS) is 12.5. The minimum Gasteiger partial charge on any atom is -0.454 e. The Morgan fingerprint density at radius 2 is 2.16 bits per heavy atom. The molecule has 0 spiro atoms. The number of fused-ring (bicyclic) bond motifs is 2. The molecule has 0 radical (unpaired) electrons. The van der Waals surface area contributed by atoms with Crippen LogP contribution in [0.5, 0.6) is 11.5 Å². The van der Waals surface area contributed by atoms with Gasteiger partial charge in [-0.1, -0.05) is 18.2 Å². The molecule has 2 aromatic heterocycles. The summed E-state index contributed by atoms with van der Waals surface area (Å²) in [4.78, 5) is 16.8. The van der Waals surface area contributed by atoms with Crippen molar-refractivity contribution in [3.63, 3.8) is 0 Å². The fraction of sp³-hybridized carbons (Fsp3) is 0.263. The molecule has 3 aromatic rings. The number of pyridine rings is 1. The molecule has 6 heteroatoms. The second kappa shape index (κ2) is 6.47. The Morgan fingerprint density at radius 3 is 3.08 bits per heavy atom. The number of carbonyl (C=O) groups excluding carboxylic acids is 1. The van der Waals surface area contributed by atoms with Gasteiger partial charge in [-0.05, 0) is 37.1 Å². The molecular weight excluding hydrogens is 318 g/mol. The molecule has 1 aliphatic rings. The Balaban J connectivity index is 1.38. The molecule has 0 saturated carbocycles. The Kier molecular flexibility index (Phi) is 4.01. The molecule has 4 rings (SSSR count). The third-order valence-corrected chi connectivity index (χ3v) is 4.38. The third kappa shape index (κ3) is 3.03. The highest BCUT2D eigenvalue weighted by atomic mass is 16.7. The Hall–Kier alpha value is -3.02. The number of benzene rings is 1. The smallest absolute Gasteiger partial charge is 0.231 e. The van der Waals surface area contributed by atoms with Crippen molar-refractivity contribution in [1.29, 1.82) is 0 Å². The Bertz CT molecular complexity index is 933. The van der Waals surface area contributed by atoms with Crippen molar-refractivity contribution in [3.8, 4) is 11.5 Å². The lowest BCUT2D eigenvalue weighted by Gasteiger charge is -2.08. The van der Waals surface area contributed by atoms with Crippen LogP contribution in [0, 0.1) is 6.92 Å². The number of rotatable bonds is 5. The van der Waals surface area contributed by atoms with E-state index in [2.05, 4.69) is 10.3 Å². The van der Waals surface area contributed by atoms with Gasteiger partial charge in [0, 0.05) is 12.6 Å². The molecule has 1 N–H and O–H groups in total. The number of amides is 1. The number of nitrogens with one attached hydrogen (secondary N) is 1. The van der Waals surface area contributed by atoms with Crippen LogP contribution in [0.2, 0.25) is 0 Å². The van der Waals surface area contributed by atoms with E-state index in [1.807, 2.05) is 53.9 Å². The molecule has 128 valence electrons. The van der Waals surface area contributed by atoms with Gasteiger partial charge in [-0.3, -0.25) is 4.79 Å². The maximum atomic E-state index is 12.2. The molecule has 1 aliphatic heterocycles. The SMILES string of the molecule is Cc1nc2ccccn2c1CNC(=O)CCc1cccc2c1OCO2. The molecule has 0 atom stereocenters. The van der Waals surface area contributed by atoms with E-state index >= 15 is 0 Å². The molecule has 25 heavy (non-hydrogen) atoms. The molecule has 0 fully saturated rings. The van der Waals surface area contributed by atoms with E-state index < -0.39 is 0 Å². The Labute approximate surface area is 145 Å². The average molecular weight is 337 g/mol. The van der Waals surface area contributed by atoms with Crippen molar-refractivity contribution in [2.24, 2.45) is 0 Å². The lowest BCUT2D eigenvalue weighted by molar-refractivity contribution is -0.121. The molecule has 6 nitrogen and oxygen atoms in total. The van der Waals surface area contributed by atoms with Crippen molar-refractivity contribution in [1.82, 2.24) is 14.7 Å². The summed E-state index contributed by atoms with van der Waals surface area (Å²) < 4.78 is 12.8. The van der Waals surface area contributed by atoms with Crippen molar-refractivity contribution >= 4 is 11.6 Å². The fourth-order valence-electron chi connectivity index (χ4n) is 3.08. The summed E-state index contributed by atoms with van der Waals surface area (Å²) in [5, 5.41) is 2.98. The largest absolute Gasteiger partial charge is 0.454 e. The van der Waals surface area contributed by atoms with Crippen LogP contribution in [-0.4, -0.2) is 22.1 Å². The number of ether oxygens (including phenoxy) is 2. The van der Waals surface area contributed by atoms with Gasteiger partial charge in [-0.2, -0.15) is 0 Å². The van der Waals surface area contributed by atoms with Gasteiger partial charge >= 0.3 is 0 Å². The Morgan fingerprint density at radius 1 is 1.24 bits per heavy atom. The summed E-state index contributed by atoms with van der Waals surface area (Å²) in [6, 6.07) is 11.6. The lowest BCUT2D eigenvalue weighted by atomic mass is 10.1. The number of carbonyl (C=O) groups is 1. The molecule has 3 heterocycles. The van der Waals surface area contributed by atoms with Crippen LogP contribution in [0.3, 0.4) is 0 Å². The molecule has 0 bridgehead atoms. The quantitative estimate of drug-likeness (QED) is 0.777. The zero-order chi connectivity index (χ0) is 17.2. The molecule has 1 amide bonds. The number of nitrogens with zero attached hydrogens (tertiary/aromatic N) is 2. The van der Waals surface area contributed by atoms with Crippen LogP contribution in [-0.2, 0) is 17.8 Å². The minimum absolute atomic E-state index is 0.00167. The van der Waals surface area contributed by atoms with Gasteiger partial charge in [0.05, 0.1) is 17.9 Å². The van der Waals surface area contributed by atoms with Crippen molar-refractivity contribution in [2.75, 3.05) is 6.79 Å². The number of aryl methyl sites for hydroxylation is 2. The third-order valence-electron chi connectivity index (χ3n) is 4.38. The topological polar surface area (TPSA) is 64.9 Å². The highest BCUT2D eigenvalue weighted by Crippen LogP contribution is 2.35. The fourth-order valence-corrected chi connectivity index (χ4v) is 3.08. The molecular formula is C19H19N3O3. The lowest BCUT2D eigenvalue weighted by Crippen LogP contribution is -2.24. The van der Waals surface area contributed by atoms with Gasteiger partial charge in [0.2, 0.25) is 12.7 Å². The van der Waals surface area contributed by atoms with Crippen molar-refractivity contribution in [2.45, 2.75) is 26.3 Å². The molecule has 0 aliphatic carbocycles. The number of hydrogen-bond donors (Lipinski definition) is 1. The van der Waals surface area contributed by atoms with Gasteiger partial charge in [0.1, 0.15) is 5.65 Å². The zero-order valence-electron chi connectivity index (χ0n) is 14.0. The first-order valence-corrected chi connectivity index (χ1v) is 8.29. The highest BCUT2D eigenvalue weighted by molar-refractivity contribution is 5.76. The van der Waals surface area contributed by atoms with Gasteiger partial charge in [-0.25, -0.2) is 4.98 Å². The molecule has 1 aromatic carbocycles. The predicted octanol–water partition coefficient (Wildman–Crippen LogP) is 2.62. The van der Waals surface area contributed by atoms with Crippen molar-refractivity contribution < 1.29 is 14.3 Å². The summed E-state index contributed by atoms with van der Waals surface area (Å²) in [5.74, 6) is 1.51. The summed E-state index contributed by atoms with van der Waals surface area (Å²) in [6.45, 7) is 2.66. The first kappa shape index (κ1) is 15.5. The van der Waals surface area contributed by atoms with Gasteiger partial charge < -0.3 is 19.2 Å². The van der Waals surface area contributed by atoms with Crippen molar-refractivity contribution in [3.05, 3.63) is 59.5 Å². The van der Waals surface area contributed by atoms with Gasteiger partial charge in [0.15, 0.2) is 11.5 Å². The molecule has 0 saturated heterocycles. The van der Waals surface area contributed by atoms with Crippen LogP contribution in [0.4, 0.5) is 0 Å². The van der Waals surface area contributed by atoms with E-state index in [9.17, 15) is 4.79 Å². The minimum atomic E-state index is 0.00167. The van der Waals surface area contributed by atoms with E-state index in [1.165, 1.54) is 0 Å². The average Bonchev–Trinajstić information content (AvgIpc) is 3.22. The number of hydrogen-bond acceptors (Lipinski definition) is 4. The first-order chi connectivity index (χ1) is 12.2. The van der Waals surface area contributed by atoms with E-state index in [-0.39, 0.29) is 12.7 Å². The van der Waals surface area contributed by atoms with Crippen LogP contribution in [0.1, 0.15) is 23.4 Å². The second-order valence-electron chi connectivity index (χ2n) is 6.00. The monoisotopic (exact) mass is 337 g/mol. The van der Waals surface area contributed by atoms with E-state index in [0.29, 0.717) is 19.4 Å². The number of aromatic nitrogens is 2. The summed E-state index contributed by atoms with van der Waals surface area (Å²) >= 11 is 0. The predicted molar refractivity (Wildman–Crippen MR) is 92.7 cm³/mol. The van der Waals surface area contributed by atoms with E-state index in [4.69, 9.17) is 9.47 Å². The maximum absolute atomic E-state index is 12.2. The zero-order valence-corrected chi connectivity index (χ0v) is 14.0. The van der Waals surface area contributed by atoms with E-state index in [1.54, 1.807) is 0 Å². The van der Waals surface area contributed by atoms with Gasteiger partial charge in [0.25, 0.3) is 0 Å². The second-order valence-corrected chi connectivity index (χ2v) is 6.00. The summed E-state index contributed by atoms with van der Waals surface area (Å²) in [6.07, 6.45) is 2.97. The van der Waals surface area contributed by atoms with Crippen LogP contribution in [0.15, 0.2) is 42.6 Å². The van der Waals surface area contributed by atoms with Crippen LogP contribution >= 0.6 is 0 Å². The molecule has 0 unspecified atom stereocenters. The first-order valence-electron chi connectivity index (χ1n) is 8.29. The van der Waals surface area contributed by atoms with Crippen LogP contribution in [0.25, 0.3) is 5.65 Å². The summed E-state index contributed by atoms with van der Waals surface area (Å²) in [7, 11) is 0. The van der Waals surface area contributed by atoms with Crippen LogP contribution < -0.4 is 14.8 Å². The maximum Gasteiger partial charge on any atom is 0.231 e. The highest BCUT2D eigenvalue weighted by Gasteiger charge is 2.17.